The fraction of sp³-hybridized carbons (Fsp3) is 0.222. The standard InChI is InChI=1S/C18H14F4N4O3S/c1-8-13-16(30-14(8)15(23)28)24-7-26(17(13)29)6-12(27)25-11-3-9(5-19)2-10(4-11)18(20,21)22/h2-4,7H,5-6H2,1H3,(H2,23,28)(H,25,27). The molecule has 0 radical (unpaired) electrons. The Morgan fingerprint density at radius 1 is 1.27 bits per heavy atom. The second-order valence-corrected chi connectivity index (χ2v) is 7.38. The maximum atomic E-state index is 12.9. The number of carbonyl (C=O) groups is 2. The summed E-state index contributed by atoms with van der Waals surface area (Å²) < 4.78 is 52.7. The molecule has 1 aromatic carbocycles. The molecule has 30 heavy (non-hydrogen) atoms. The second kappa shape index (κ2) is 7.86. The quantitative estimate of drug-likeness (QED) is 0.593. The summed E-state index contributed by atoms with van der Waals surface area (Å²) in [5.74, 6) is -1.53. The van der Waals surface area contributed by atoms with Crippen LogP contribution in [-0.4, -0.2) is 21.4 Å². The number of primary amides is 1. The smallest absolute Gasteiger partial charge is 0.365 e. The van der Waals surface area contributed by atoms with Gasteiger partial charge in [0.25, 0.3) is 11.5 Å². The van der Waals surface area contributed by atoms with Gasteiger partial charge in [0.2, 0.25) is 5.91 Å². The number of nitrogens with two attached hydrogens (primary N) is 1. The molecule has 0 aliphatic carbocycles. The van der Waals surface area contributed by atoms with Gasteiger partial charge < -0.3 is 11.1 Å². The molecule has 0 aliphatic rings. The molecule has 0 unspecified atom stereocenters. The summed E-state index contributed by atoms with van der Waals surface area (Å²) >= 11 is 0.943. The topological polar surface area (TPSA) is 107 Å². The van der Waals surface area contributed by atoms with Crippen molar-refractivity contribution >= 4 is 39.1 Å². The number of anilines is 1. The van der Waals surface area contributed by atoms with E-state index < -0.39 is 42.3 Å². The zero-order valence-electron chi connectivity index (χ0n) is 15.3. The lowest BCUT2D eigenvalue weighted by Crippen LogP contribution is -2.28. The molecule has 158 valence electrons. The van der Waals surface area contributed by atoms with Gasteiger partial charge >= 0.3 is 6.18 Å². The molecule has 0 saturated carbocycles. The first kappa shape index (κ1) is 21.4. The number of rotatable bonds is 5. The summed E-state index contributed by atoms with van der Waals surface area (Å²) in [5.41, 5.74) is 3.37. The van der Waals surface area contributed by atoms with Crippen molar-refractivity contribution < 1.29 is 27.2 Å². The molecule has 0 atom stereocenters. The molecule has 0 fully saturated rings. The number of benzene rings is 1. The van der Waals surface area contributed by atoms with Gasteiger partial charge in [-0.2, -0.15) is 13.2 Å². The Morgan fingerprint density at radius 2 is 1.97 bits per heavy atom. The van der Waals surface area contributed by atoms with Crippen LogP contribution < -0.4 is 16.6 Å². The fourth-order valence-electron chi connectivity index (χ4n) is 2.87. The van der Waals surface area contributed by atoms with E-state index in [1.807, 2.05) is 0 Å². The molecular weight excluding hydrogens is 428 g/mol. The highest BCUT2D eigenvalue weighted by atomic mass is 32.1. The summed E-state index contributed by atoms with van der Waals surface area (Å²) in [6.07, 6.45) is -3.63. The van der Waals surface area contributed by atoms with Gasteiger partial charge in [0.15, 0.2) is 0 Å². The van der Waals surface area contributed by atoms with Crippen molar-refractivity contribution in [2.45, 2.75) is 26.3 Å². The average Bonchev–Trinajstić information content (AvgIpc) is 3.00. The Labute approximate surface area is 170 Å². The zero-order chi connectivity index (χ0) is 22.2. The minimum Gasteiger partial charge on any atom is -0.365 e. The van der Waals surface area contributed by atoms with Crippen molar-refractivity contribution in [1.82, 2.24) is 9.55 Å². The molecule has 3 rings (SSSR count). The third-order valence-electron chi connectivity index (χ3n) is 4.21. The van der Waals surface area contributed by atoms with E-state index in [0.29, 0.717) is 17.7 Å². The maximum absolute atomic E-state index is 12.9. The van der Waals surface area contributed by atoms with Crippen LogP contribution in [0.2, 0.25) is 0 Å². The van der Waals surface area contributed by atoms with Crippen molar-refractivity contribution in [2.24, 2.45) is 5.73 Å². The van der Waals surface area contributed by atoms with Crippen LogP contribution in [0, 0.1) is 6.92 Å². The minimum absolute atomic E-state index is 0.128. The van der Waals surface area contributed by atoms with Gasteiger partial charge in [0.1, 0.15) is 18.0 Å². The summed E-state index contributed by atoms with van der Waals surface area (Å²) in [4.78, 5) is 40.9. The number of thiophene rings is 1. The highest BCUT2D eigenvalue weighted by Gasteiger charge is 2.31. The second-order valence-electron chi connectivity index (χ2n) is 6.38. The number of halogens is 4. The van der Waals surface area contributed by atoms with Crippen LogP contribution >= 0.6 is 11.3 Å². The van der Waals surface area contributed by atoms with E-state index in [1.54, 1.807) is 0 Å². The Kier molecular flexibility index (Phi) is 5.61. The van der Waals surface area contributed by atoms with Crippen molar-refractivity contribution in [3.63, 3.8) is 0 Å². The first-order valence-electron chi connectivity index (χ1n) is 8.36. The first-order valence-corrected chi connectivity index (χ1v) is 9.18. The highest BCUT2D eigenvalue weighted by molar-refractivity contribution is 7.20. The molecule has 0 saturated heterocycles. The van der Waals surface area contributed by atoms with Crippen LogP contribution in [-0.2, 0) is 24.2 Å². The third kappa shape index (κ3) is 4.17. The number of aromatic nitrogens is 2. The van der Waals surface area contributed by atoms with E-state index in [4.69, 9.17) is 5.73 Å². The maximum Gasteiger partial charge on any atom is 0.416 e. The van der Waals surface area contributed by atoms with E-state index in [-0.39, 0.29) is 26.3 Å². The van der Waals surface area contributed by atoms with Crippen LogP contribution in [0.3, 0.4) is 0 Å². The normalized spacial score (nSPS) is 11.6. The van der Waals surface area contributed by atoms with Gasteiger partial charge in [-0.25, -0.2) is 9.37 Å². The Balaban J connectivity index is 1.89. The molecule has 12 heteroatoms. The van der Waals surface area contributed by atoms with E-state index in [2.05, 4.69) is 10.3 Å². The van der Waals surface area contributed by atoms with Gasteiger partial charge in [-0.3, -0.25) is 19.0 Å². The lowest BCUT2D eigenvalue weighted by atomic mass is 10.1. The Morgan fingerprint density at radius 3 is 2.57 bits per heavy atom. The van der Waals surface area contributed by atoms with Gasteiger partial charge in [-0.05, 0) is 36.2 Å². The van der Waals surface area contributed by atoms with Crippen LogP contribution in [0.15, 0.2) is 29.3 Å². The molecule has 2 heterocycles. The summed E-state index contributed by atoms with van der Waals surface area (Å²) in [5, 5.41) is 2.35. The number of hydrogen-bond donors (Lipinski definition) is 2. The molecular formula is C18H14F4N4O3S. The van der Waals surface area contributed by atoms with Crippen molar-refractivity contribution in [2.75, 3.05) is 5.32 Å². The number of hydrogen-bond acceptors (Lipinski definition) is 5. The van der Waals surface area contributed by atoms with Crippen LogP contribution in [0.5, 0.6) is 0 Å². The summed E-state index contributed by atoms with van der Waals surface area (Å²) in [6, 6.07) is 2.39. The van der Waals surface area contributed by atoms with Crippen molar-refractivity contribution in [3.05, 3.63) is 56.4 Å². The monoisotopic (exact) mass is 442 g/mol. The van der Waals surface area contributed by atoms with Crippen LogP contribution in [0.4, 0.5) is 23.2 Å². The average molecular weight is 442 g/mol. The van der Waals surface area contributed by atoms with Gasteiger partial charge in [-0.1, -0.05) is 0 Å². The lowest BCUT2D eigenvalue weighted by Gasteiger charge is -2.12. The SMILES string of the molecule is Cc1c(C(N)=O)sc2ncn(CC(=O)Nc3cc(CF)cc(C(F)(F)F)c3)c(=O)c12. The van der Waals surface area contributed by atoms with Gasteiger partial charge in [-0.15, -0.1) is 11.3 Å². The molecule has 0 bridgehead atoms. The molecule has 0 spiro atoms. The molecule has 3 N–H and O–H groups in total. The minimum atomic E-state index is -4.72. The number of carbonyl (C=O) groups excluding carboxylic acids is 2. The number of amides is 2. The van der Waals surface area contributed by atoms with E-state index in [0.717, 1.165) is 28.3 Å². The van der Waals surface area contributed by atoms with Crippen molar-refractivity contribution in [1.29, 1.82) is 0 Å². The summed E-state index contributed by atoms with van der Waals surface area (Å²) in [6.45, 7) is -0.176. The van der Waals surface area contributed by atoms with Gasteiger partial charge in [0.05, 0.1) is 22.2 Å². The van der Waals surface area contributed by atoms with E-state index in [1.165, 1.54) is 6.92 Å². The summed E-state index contributed by atoms with van der Waals surface area (Å²) in [7, 11) is 0. The first-order chi connectivity index (χ1) is 14.0. The number of aryl methyl sites for hydroxylation is 1. The van der Waals surface area contributed by atoms with Crippen LogP contribution in [0.25, 0.3) is 10.2 Å². The van der Waals surface area contributed by atoms with Crippen LogP contribution in [0.1, 0.15) is 26.4 Å². The van der Waals surface area contributed by atoms with Gasteiger partial charge in [0, 0.05) is 5.69 Å². The van der Waals surface area contributed by atoms with Crippen molar-refractivity contribution in [3.8, 4) is 0 Å². The third-order valence-corrected chi connectivity index (χ3v) is 5.43. The number of fused-ring (bicyclic) bond motifs is 1. The Hall–Kier alpha value is -3.28. The number of nitrogens with one attached hydrogen (secondary N) is 1. The fourth-order valence-corrected chi connectivity index (χ4v) is 3.86. The molecule has 0 aliphatic heterocycles. The molecule has 2 amide bonds. The number of nitrogens with zero attached hydrogens (tertiary/aromatic N) is 2. The van der Waals surface area contributed by atoms with E-state index in [9.17, 15) is 31.9 Å². The molecule has 2 aromatic heterocycles. The largest absolute Gasteiger partial charge is 0.416 e. The predicted molar refractivity (Wildman–Crippen MR) is 102 cm³/mol. The predicted octanol–water partition coefficient (Wildman–Crippen LogP) is 2.99. The lowest BCUT2D eigenvalue weighted by molar-refractivity contribution is -0.137. The molecule has 7 nitrogen and oxygen atoms in total. The highest BCUT2D eigenvalue weighted by Crippen LogP contribution is 2.32. The Bertz CT molecular complexity index is 1220. The van der Waals surface area contributed by atoms with E-state index >= 15 is 0 Å². The number of alkyl halides is 4. The zero-order valence-corrected chi connectivity index (χ0v) is 16.2. The molecule has 3 aromatic rings.